The highest BCUT2D eigenvalue weighted by Gasteiger charge is 2.25. The summed E-state index contributed by atoms with van der Waals surface area (Å²) < 4.78 is 5.00. The minimum Gasteiger partial charge on any atom is -0.384 e. The van der Waals surface area contributed by atoms with E-state index in [0.29, 0.717) is 25.1 Å². The minimum absolute atomic E-state index is 0.140. The number of ether oxygens (including phenoxy) is 1. The molecule has 0 saturated carbocycles. The van der Waals surface area contributed by atoms with E-state index in [2.05, 4.69) is 4.98 Å². The number of carbonyl (C=O) groups excluding carboxylic acids is 2. The fraction of sp³-hybridized carbons (Fsp3) is 0.381. The molecule has 2 amide bonds. The van der Waals surface area contributed by atoms with Crippen molar-refractivity contribution in [2.45, 2.75) is 25.2 Å². The van der Waals surface area contributed by atoms with E-state index in [1.165, 1.54) is 0 Å². The Morgan fingerprint density at radius 1 is 1.26 bits per heavy atom. The molecule has 1 atom stereocenters. The van der Waals surface area contributed by atoms with Gasteiger partial charge < -0.3 is 15.4 Å². The summed E-state index contributed by atoms with van der Waals surface area (Å²) in [5, 5.41) is 0. The normalized spacial score (nSPS) is 16.9. The van der Waals surface area contributed by atoms with Crippen molar-refractivity contribution in [3.05, 3.63) is 53.9 Å². The number of hydrogen-bond donors (Lipinski definition) is 1. The Balaban J connectivity index is 1.70. The molecule has 6 nitrogen and oxygen atoms in total. The molecule has 2 aromatic rings. The number of nitrogens with two attached hydrogens (primary N) is 1. The molecule has 2 N–H and O–H groups in total. The molecule has 1 aromatic heterocycles. The average molecular weight is 367 g/mol. The Labute approximate surface area is 159 Å². The highest BCUT2D eigenvalue weighted by molar-refractivity contribution is 5.94. The molecule has 27 heavy (non-hydrogen) atoms. The van der Waals surface area contributed by atoms with Crippen LogP contribution in [0.15, 0.2) is 42.6 Å². The van der Waals surface area contributed by atoms with Gasteiger partial charge in [-0.1, -0.05) is 18.2 Å². The number of piperidine rings is 1. The van der Waals surface area contributed by atoms with Gasteiger partial charge in [0.25, 0.3) is 0 Å². The van der Waals surface area contributed by atoms with Gasteiger partial charge >= 0.3 is 0 Å². The van der Waals surface area contributed by atoms with Gasteiger partial charge in [-0.25, -0.2) is 0 Å². The summed E-state index contributed by atoms with van der Waals surface area (Å²) in [4.78, 5) is 30.2. The van der Waals surface area contributed by atoms with Crippen LogP contribution in [0.4, 0.5) is 0 Å². The summed E-state index contributed by atoms with van der Waals surface area (Å²) in [5.74, 6) is -0.0560. The zero-order valence-corrected chi connectivity index (χ0v) is 15.6. The predicted octanol–water partition coefficient (Wildman–Crippen LogP) is 2.59. The van der Waals surface area contributed by atoms with Gasteiger partial charge in [-0.2, -0.15) is 0 Å². The molecule has 1 aliphatic rings. The minimum atomic E-state index is -0.443. The van der Waals surface area contributed by atoms with E-state index in [0.717, 1.165) is 36.2 Å². The van der Waals surface area contributed by atoms with Crippen LogP contribution in [-0.2, 0) is 9.53 Å². The van der Waals surface area contributed by atoms with Crippen LogP contribution < -0.4 is 5.73 Å². The number of amides is 2. The van der Waals surface area contributed by atoms with E-state index < -0.39 is 5.91 Å². The Morgan fingerprint density at radius 3 is 2.81 bits per heavy atom. The van der Waals surface area contributed by atoms with Crippen LogP contribution in [0.25, 0.3) is 11.1 Å². The molecule has 6 heteroatoms. The molecular weight excluding hydrogens is 342 g/mol. The molecule has 2 heterocycles. The fourth-order valence-corrected chi connectivity index (χ4v) is 3.46. The summed E-state index contributed by atoms with van der Waals surface area (Å²) >= 11 is 0. The highest BCUT2D eigenvalue weighted by Crippen LogP contribution is 2.28. The number of methoxy groups -OCH3 is 1. The van der Waals surface area contributed by atoms with E-state index in [1.54, 1.807) is 19.2 Å². The second-order valence-corrected chi connectivity index (χ2v) is 6.84. The molecule has 0 aliphatic carbocycles. The summed E-state index contributed by atoms with van der Waals surface area (Å²) in [5.41, 5.74) is 8.67. The van der Waals surface area contributed by atoms with Gasteiger partial charge in [-0.3, -0.25) is 14.6 Å². The van der Waals surface area contributed by atoms with Gasteiger partial charge in [-0.15, -0.1) is 0 Å². The topological polar surface area (TPSA) is 85.5 Å². The van der Waals surface area contributed by atoms with Gasteiger partial charge in [0.15, 0.2) is 0 Å². The third kappa shape index (κ3) is 4.71. The lowest BCUT2D eigenvalue weighted by molar-refractivity contribution is -0.133. The summed E-state index contributed by atoms with van der Waals surface area (Å²) in [6.45, 7) is 1.96. The van der Waals surface area contributed by atoms with E-state index in [1.807, 2.05) is 35.4 Å². The lowest BCUT2D eigenvalue weighted by Gasteiger charge is -2.32. The molecule has 0 spiro atoms. The number of hydrogen-bond acceptors (Lipinski definition) is 4. The molecule has 1 fully saturated rings. The summed E-state index contributed by atoms with van der Waals surface area (Å²) in [6, 6.07) is 11.2. The Hall–Kier alpha value is -2.73. The lowest BCUT2D eigenvalue weighted by atomic mass is 9.93. The third-order valence-electron chi connectivity index (χ3n) is 4.98. The van der Waals surface area contributed by atoms with E-state index >= 15 is 0 Å². The lowest BCUT2D eigenvalue weighted by Crippen LogP contribution is -2.39. The van der Waals surface area contributed by atoms with Crippen LogP contribution >= 0.6 is 0 Å². The maximum absolute atomic E-state index is 12.2. The molecule has 0 unspecified atom stereocenters. The Kier molecular flexibility index (Phi) is 6.19. The van der Waals surface area contributed by atoms with Gasteiger partial charge in [0, 0.05) is 49.1 Å². The second-order valence-electron chi connectivity index (χ2n) is 6.84. The number of benzene rings is 1. The van der Waals surface area contributed by atoms with Crippen LogP contribution in [0, 0.1) is 0 Å². The molecule has 1 aliphatic heterocycles. The van der Waals surface area contributed by atoms with Crippen LogP contribution in [0.5, 0.6) is 0 Å². The van der Waals surface area contributed by atoms with E-state index in [9.17, 15) is 9.59 Å². The smallest absolute Gasteiger partial charge is 0.248 e. The van der Waals surface area contributed by atoms with Crippen LogP contribution in [-0.4, -0.2) is 48.5 Å². The van der Waals surface area contributed by atoms with Crippen molar-refractivity contribution in [3.8, 4) is 11.1 Å². The molecule has 1 aromatic carbocycles. The second kappa shape index (κ2) is 8.77. The maximum atomic E-state index is 12.2. The first-order chi connectivity index (χ1) is 13.1. The number of rotatable bonds is 6. The first-order valence-corrected chi connectivity index (χ1v) is 9.21. The van der Waals surface area contributed by atoms with Gasteiger partial charge in [0.1, 0.15) is 0 Å². The van der Waals surface area contributed by atoms with Crippen molar-refractivity contribution in [3.63, 3.8) is 0 Å². The van der Waals surface area contributed by atoms with Gasteiger partial charge in [-0.05, 0) is 36.6 Å². The van der Waals surface area contributed by atoms with E-state index in [4.69, 9.17) is 10.5 Å². The zero-order valence-electron chi connectivity index (χ0n) is 15.6. The standard InChI is InChI=1S/C21H25N3O3/c1-27-11-9-20(25)24-10-3-6-18(14-24)19-8-7-17(13-23-19)15-4-2-5-16(12-15)21(22)26/h2,4-5,7-8,12-13,18H,3,6,9-11,14H2,1H3,(H2,22,26)/t18-/m1/s1. The zero-order chi connectivity index (χ0) is 19.2. The maximum Gasteiger partial charge on any atom is 0.248 e. The van der Waals surface area contributed by atoms with Crippen molar-refractivity contribution in [2.24, 2.45) is 5.73 Å². The number of aromatic nitrogens is 1. The SMILES string of the molecule is COCCC(=O)N1CCC[C@@H](c2ccc(-c3cccc(C(N)=O)c3)cn2)C1. The van der Waals surface area contributed by atoms with Crippen molar-refractivity contribution < 1.29 is 14.3 Å². The molecule has 0 radical (unpaired) electrons. The molecule has 0 bridgehead atoms. The third-order valence-corrected chi connectivity index (χ3v) is 4.98. The first-order valence-electron chi connectivity index (χ1n) is 9.21. The highest BCUT2D eigenvalue weighted by atomic mass is 16.5. The predicted molar refractivity (Wildman–Crippen MR) is 103 cm³/mol. The number of nitrogens with zero attached hydrogens (tertiary/aromatic N) is 2. The largest absolute Gasteiger partial charge is 0.384 e. The molecule has 142 valence electrons. The van der Waals surface area contributed by atoms with Crippen molar-refractivity contribution in [1.29, 1.82) is 0 Å². The Morgan fingerprint density at radius 2 is 2.11 bits per heavy atom. The number of likely N-dealkylation sites (tertiary alicyclic amines) is 1. The monoisotopic (exact) mass is 367 g/mol. The van der Waals surface area contributed by atoms with Crippen molar-refractivity contribution >= 4 is 11.8 Å². The van der Waals surface area contributed by atoms with Crippen molar-refractivity contribution in [2.75, 3.05) is 26.8 Å². The first kappa shape index (κ1) is 19.0. The number of primary amides is 1. The Bertz CT molecular complexity index is 805. The van der Waals surface area contributed by atoms with Crippen LogP contribution in [0.1, 0.15) is 41.2 Å². The van der Waals surface area contributed by atoms with Crippen LogP contribution in [0.3, 0.4) is 0 Å². The summed E-state index contributed by atoms with van der Waals surface area (Å²) in [6.07, 6.45) is 4.25. The molecule has 1 saturated heterocycles. The summed E-state index contributed by atoms with van der Waals surface area (Å²) in [7, 11) is 1.61. The number of pyridine rings is 1. The van der Waals surface area contributed by atoms with Gasteiger partial charge in [0.05, 0.1) is 13.0 Å². The number of carbonyl (C=O) groups is 2. The molecule has 3 rings (SSSR count). The average Bonchev–Trinajstić information content (AvgIpc) is 2.72. The fourth-order valence-electron chi connectivity index (χ4n) is 3.46. The van der Waals surface area contributed by atoms with E-state index in [-0.39, 0.29) is 11.8 Å². The van der Waals surface area contributed by atoms with Crippen LogP contribution in [0.2, 0.25) is 0 Å². The van der Waals surface area contributed by atoms with Crippen molar-refractivity contribution in [1.82, 2.24) is 9.88 Å². The van der Waals surface area contributed by atoms with Gasteiger partial charge in [0.2, 0.25) is 11.8 Å². The molecular formula is C21H25N3O3. The quantitative estimate of drug-likeness (QED) is 0.850.